The van der Waals surface area contributed by atoms with E-state index in [1.807, 2.05) is 26.0 Å². The molecule has 0 fully saturated rings. The van der Waals surface area contributed by atoms with Gasteiger partial charge in [0, 0.05) is 19.3 Å². The minimum atomic E-state index is -3.59. The molecule has 0 unspecified atom stereocenters. The van der Waals surface area contributed by atoms with Crippen molar-refractivity contribution in [2.45, 2.75) is 18.7 Å². The molecule has 0 radical (unpaired) electrons. The predicted molar refractivity (Wildman–Crippen MR) is 116 cm³/mol. The van der Waals surface area contributed by atoms with Crippen LogP contribution in [0.15, 0.2) is 59.6 Å². The van der Waals surface area contributed by atoms with Gasteiger partial charge in [-0.05, 0) is 67.9 Å². The predicted octanol–water partition coefficient (Wildman–Crippen LogP) is 2.71. The molecular formula is C20H24N6O3S. The molecule has 158 valence electrons. The summed E-state index contributed by atoms with van der Waals surface area (Å²) in [5, 5.41) is 14.3. The molecule has 0 bridgehead atoms. The summed E-state index contributed by atoms with van der Waals surface area (Å²) in [6.07, 6.45) is 1.72. The van der Waals surface area contributed by atoms with Crippen molar-refractivity contribution < 1.29 is 13.2 Å². The summed E-state index contributed by atoms with van der Waals surface area (Å²) >= 11 is 0. The van der Waals surface area contributed by atoms with Crippen LogP contribution in [0.3, 0.4) is 0 Å². The number of benzene rings is 1. The topological polar surface area (TPSA) is 118 Å². The number of pyridine rings is 1. The van der Waals surface area contributed by atoms with E-state index in [4.69, 9.17) is 4.74 Å². The number of nitrogens with one attached hydrogen (secondary N) is 3. The standard InChI is InChI=1S/C20H24N6O3S/c1-3-29-16-4-6-17(7-5-16)30(27,28)23-13-12-22-18-8-9-19(26-25-18)24-20-14-15(2)10-11-21-20/h4-11,14,23H,3,12-13H2,1-2H3,(H,22,25)(H,21,24,26). The quantitative estimate of drug-likeness (QED) is 0.422. The Morgan fingerprint density at radius 3 is 2.33 bits per heavy atom. The van der Waals surface area contributed by atoms with Crippen molar-refractivity contribution in [3.8, 4) is 5.75 Å². The van der Waals surface area contributed by atoms with E-state index in [1.165, 1.54) is 12.1 Å². The van der Waals surface area contributed by atoms with E-state index in [1.54, 1.807) is 30.5 Å². The average molecular weight is 429 g/mol. The number of hydrogen-bond acceptors (Lipinski definition) is 8. The van der Waals surface area contributed by atoms with Gasteiger partial charge in [-0.25, -0.2) is 18.1 Å². The number of nitrogens with zero attached hydrogens (tertiary/aromatic N) is 3. The summed E-state index contributed by atoms with van der Waals surface area (Å²) in [6.45, 7) is 4.94. The molecule has 0 spiro atoms. The van der Waals surface area contributed by atoms with Gasteiger partial charge in [-0.3, -0.25) is 0 Å². The van der Waals surface area contributed by atoms with E-state index >= 15 is 0 Å². The monoisotopic (exact) mass is 428 g/mol. The van der Waals surface area contributed by atoms with E-state index in [2.05, 4.69) is 30.5 Å². The number of aryl methyl sites for hydroxylation is 1. The SMILES string of the molecule is CCOc1ccc(S(=O)(=O)NCCNc2ccc(Nc3cc(C)ccn3)nn2)cc1. The molecule has 1 aromatic carbocycles. The lowest BCUT2D eigenvalue weighted by Crippen LogP contribution is -2.29. The maximum absolute atomic E-state index is 12.3. The summed E-state index contributed by atoms with van der Waals surface area (Å²) in [5.74, 6) is 2.43. The van der Waals surface area contributed by atoms with Crippen LogP contribution in [0.4, 0.5) is 17.5 Å². The smallest absolute Gasteiger partial charge is 0.240 e. The van der Waals surface area contributed by atoms with Crippen LogP contribution in [-0.2, 0) is 10.0 Å². The largest absolute Gasteiger partial charge is 0.494 e. The minimum Gasteiger partial charge on any atom is -0.494 e. The van der Waals surface area contributed by atoms with Gasteiger partial charge in [0.15, 0.2) is 5.82 Å². The first-order valence-electron chi connectivity index (χ1n) is 9.46. The molecular weight excluding hydrogens is 404 g/mol. The summed E-state index contributed by atoms with van der Waals surface area (Å²) in [6, 6.07) is 13.6. The van der Waals surface area contributed by atoms with Gasteiger partial charge in [0.2, 0.25) is 10.0 Å². The van der Waals surface area contributed by atoms with Gasteiger partial charge in [-0.15, -0.1) is 10.2 Å². The minimum absolute atomic E-state index is 0.186. The number of aromatic nitrogens is 3. The van der Waals surface area contributed by atoms with Crippen LogP contribution < -0.4 is 20.1 Å². The van der Waals surface area contributed by atoms with Crippen LogP contribution in [0.25, 0.3) is 0 Å². The molecule has 2 aromatic heterocycles. The van der Waals surface area contributed by atoms with Crippen molar-refractivity contribution in [1.29, 1.82) is 0 Å². The number of hydrogen-bond donors (Lipinski definition) is 3. The van der Waals surface area contributed by atoms with Crippen LogP contribution in [0.1, 0.15) is 12.5 Å². The maximum Gasteiger partial charge on any atom is 0.240 e. The highest BCUT2D eigenvalue weighted by molar-refractivity contribution is 7.89. The number of anilines is 3. The highest BCUT2D eigenvalue weighted by Crippen LogP contribution is 2.16. The van der Waals surface area contributed by atoms with Crippen molar-refractivity contribution >= 4 is 27.5 Å². The molecule has 0 saturated heterocycles. The first kappa shape index (κ1) is 21.5. The van der Waals surface area contributed by atoms with Crippen molar-refractivity contribution in [3.63, 3.8) is 0 Å². The number of sulfonamides is 1. The molecule has 0 aliphatic rings. The molecule has 0 atom stereocenters. The van der Waals surface area contributed by atoms with Crippen LogP contribution in [0.2, 0.25) is 0 Å². The molecule has 3 N–H and O–H groups in total. The zero-order valence-electron chi connectivity index (χ0n) is 16.8. The fraction of sp³-hybridized carbons (Fsp3) is 0.250. The Balaban J connectivity index is 1.46. The summed E-state index contributed by atoms with van der Waals surface area (Å²) in [4.78, 5) is 4.40. The van der Waals surface area contributed by atoms with Crippen molar-refractivity contribution in [3.05, 3.63) is 60.3 Å². The summed E-state index contributed by atoms with van der Waals surface area (Å²) in [7, 11) is -3.59. The third-order valence-electron chi connectivity index (χ3n) is 4.00. The Morgan fingerprint density at radius 1 is 0.933 bits per heavy atom. The summed E-state index contributed by atoms with van der Waals surface area (Å²) in [5.41, 5.74) is 1.09. The van der Waals surface area contributed by atoms with Gasteiger partial charge in [-0.1, -0.05) is 0 Å². The van der Waals surface area contributed by atoms with E-state index < -0.39 is 10.0 Å². The van der Waals surface area contributed by atoms with Crippen LogP contribution >= 0.6 is 0 Å². The van der Waals surface area contributed by atoms with Gasteiger partial charge in [0.25, 0.3) is 0 Å². The molecule has 3 rings (SSSR count). The van der Waals surface area contributed by atoms with Gasteiger partial charge in [0.05, 0.1) is 11.5 Å². The molecule has 9 nitrogen and oxygen atoms in total. The van der Waals surface area contributed by atoms with Gasteiger partial charge >= 0.3 is 0 Å². The van der Waals surface area contributed by atoms with E-state index in [9.17, 15) is 8.42 Å². The second kappa shape index (κ2) is 9.99. The molecule has 0 aliphatic carbocycles. The Bertz CT molecular complexity index is 1060. The Morgan fingerprint density at radius 2 is 1.67 bits per heavy atom. The fourth-order valence-electron chi connectivity index (χ4n) is 2.57. The fourth-order valence-corrected chi connectivity index (χ4v) is 3.60. The van der Waals surface area contributed by atoms with E-state index in [0.717, 1.165) is 5.56 Å². The second-order valence-electron chi connectivity index (χ2n) is 6.38. The van der Waals surface area contributed by atoms with Crippen molar-refractivity contribution in [1.82, 2.24) is 19.9 Å². The van der Waals surface area contributed by atoms with Crippen LogP contribution in [-0.4, -0.2) is 43.3 Å². The molecule has 10 heteroatoms. The van der Waals surface area contributed by atoms with Crippen LogP contribution in [0, 0.1) is 6.92 Å². The zero-order chi connectivity index (χ0) is 21.4. The van der Waals surface area contributed by atoms with Gasteiger partial charge in [-0.2, -0.15) is 0 Å². The molecule has 0 saturated carbocycles. The molecule has 3 aromatic rings. The van der Waals surface area contributed by atoms with E-state index in [0.29, 0.717) is 36.4 Å². The average Bonchev–Trinajstić information content (AvgIpc) is 2.73. The highest BCUT2D eigenvalue weighted by atomic mass is 32.2. The Hall–Kier alpha value is -3.24. The Labute approximate surface area is 176 Å². The van der Waals surface area contributed by atoms with Crippen LogP contribution in [0.5, 0.6) is 5.75 Å². The molecule has 0 amide bonds. The van der Waals surface area contributed by atoms with Gasteiger partial charge < -0.3 is 15.4 Å². The third kappa shape index (κ3) is 6.13. The molecule has 2 heterocycles. The van der Waals surface area contributed by atoms with Crippen molar-refractivity contribution in [2.24, 2.45) is 0 Å². The number of ether oxygens (including phenoxy) is 1. The first-order valence-corrected chi connectivity index (χ1v) is 10.9. The lowest BCUT2D eigenvalue weighted by Gasteiger charge is -2.09. The normalized spacial score (nSPS) is 11.1. The zero-order valence-corrected chi connectivity index (χ0v) is 17.6. The highest BCUT2D eigenvalue weighted by Gasteiger charge is 2.13. The molecule has 30 heavy (non-hydrogen) atoms. The van der Waals surface area contributed by atoms with Crippen molar-refractivity contribution in [2.75, 3.05) is 30.3 Å². The van der Waals surface area contributed by atoms with E-state index in [-0.39, 0.29) is 11.4 Å². The lowest BCUT2D eigenvalue weighted by molar-refractivity contribution is 0.340. The molecule has 0 aliphatic heterocycles. The third-order valence-corrected chi connectivity index (χ3v) is 5.48. The Kier molecular flexibility index (Phi) is 7.15. The maximum atomic E-state index is 12.3. The number of rotatable bonds is 10. The second-order valence-corrected chi connectivity index (χ2v) is 8.14. The summed E-state index contributed by atoms with van der Waals surface area (Å²) < 4.78 is 32.5. The first-order chi connectivity index (χ1) is 14.5. The van der Waals surface area contributed by atoms with Gasteiger partial charge in [0.1, 0.15) is 17.4 Å². The lowest BCUT2D eigenvalue weighted by atomic mass is 10.3.